The molecule has 3 nitrogen and oxygen atoms in total. The summed E-state index contributed by atoms with van der Waals surface area (Å²) in [5, 5.41) is 0. The van der Waals surface area contributed by atoms with Gasteiger partial charge in [-0.25, -0.2) is 0 Å². The Morgan fingerprint density at radius 2 is 1.40 bits per heavy atom. The van der Waals surface area contributed by atoms with Crippen molar-refractivity contribution in [1.29, 1.82) is 0 Å². The van der Waals surface area contributed by atoms with Crippen LogP contribution in [0.5, 0.6) is 0 Å². The van der Waals surface area contributed by atoms with E-state index >= 15 is 0 Å². The Balaban J connectivity index is 4.26. The molecule has 0 saturated heterocycles. The van der Waals surface area contributed by atoms with Gasteiger partial charge in [-0.2, -0.15) is 0 Å². The zero-order valence-electron chi connectivity index (χ0n) is 10.6. The lowest BCUT2D eigenvalue weighted by atomic mass is 10.5. The van der Waals surface area contributed by atoms with Crippen LogP contribution in [-0.2, 0) is 8.85 Å². The van der Waals surface area contributed by atoms with E-state index in [4.69, 9.17) is 14.6 Å². The van der Waals surface area contributed by atoms with Gasteiger partial charge in [0.25, 0.3) is 0 Å². The average Bonchev–Trinajstić information content (AvgIpc) is 2.24. The predicted octanol–water partition coefficient (Wildman–Crippen LogP) is 2.65. The van der Waals surface area contributed by atoms with Crippen molar-refractivity contribution in [2.75, 3.05) is 19.8 Å². The first-order valence-corrected chi connectivity index (χ1v) is 8.45. The zero-order valence-corrected chi connectivity index (χ0v) is 11.6. The molecule has 2 N–H and O–H groups in total. The first-order chi connectivity index (χ1) is 7.24. The molecule has 0 rings (SSSR count). The van der Waals surface area contributed by atoms with E-state index in [2.05, 4.69) is 20.8 Å². The van der Waals surface area contributed by atoms with Crippen LogP contribution in [0.2, 0.25) is 12.1 Å². The minimum Gasteiger partial charge on any atom is -0.394 e. The van der Waals surface area contributed by atoms with E-state index < -0.39 is 8.56 Å². The molecule has 0 aromatic heterocycles. The van der Waals surface area contributed by atoms with Crippen molar-refractivity contribution in [3.8, 4) is 0 Å². The van der Waals surface area contributed by atoms with Gasteiger partial charge in [-0.15, -0.1) is 0 Å². The quantitative estimate of drug-likeness (QED) is 0.590. The van der Waals surface area contributed by atoms with E-state index in [9.17, 15) is 0 Å². The number of hydrogen-bond donors (Lipinski definition) is 1. The maximum atomic E-state index is 6.00. The summed E-state index contributed by atoms with van der Waals surface area (Å²) in [4.78, 5) is 0. The fourth-order valence-corrected chi connectivity index (χ4v) is 4.90. The highest BCUT2D eigenvalue weighted by molar-refractivity contribution is 6.67. The molecule has 0 aliphatic rings. The minimum atomic E-state index is -1.96. The molecule has 4 heteroatoms. The summed E-state index contributed by atoms with van der Waals surface area (Å²) < 4.78 is 12.0. The van der Waals surface area contributed by atoms with Gasteiger partial charge in [-0.05, 0) is 25.4 Å². The molecule has 0 aliphatic heterocycles. The van der Waals surface area contributed by atoms with E-state index in [-0.39, 0.29) is 0 Å². The molecule has 0 saturated carbocycles. The molecular formula is C11H27NO2Si. The van der Waals surface area contributed by atoms with E-state index in [1.54, 1.807) is 0 Å². The van der Waals surface area contributed by atoms with E-state index in [0.717, 1.165) is 44.6 Å². The van der Waals surface area contributed by atoms with Crippen LogP contribution in [0.15, 0.2) is 0 Å². The Kier molecular flexibility index (Phi) is 9.39. The van der Waals surface area contributed by atoms with Crippen LogP contribution in [0.1, 0.15) is 40.0 Å². The summed E-state index contributed by atoms with van der Waals surface area (Å²) in [5.41, 5.74) is 5.66. The van der Waals surface area contributed by atoms with Gasteiger partial charge in [0.1, 0.15) is 0 Å². The first kappa shape index (κ1) is 15.1. The van der Waals surface area contributed by atoms with Gasteiger partial charge in [0, 0.05) is 19.3 Å². The van der Waals surface area contributed by atoms with Crippen molar-refractivity contribution < 1.29 is 8.85 Å². The molecular weight excluding hydrogens is 206 g/mol. The summed E-state index contributed by atoms with van der Waals surface area (Å²) in [6, 6.07) is 2.00. The Morgan fingerprint density at radius 1 is 0.867 bits per heavy atom. The number of rotatable bonds is 10. The van der Waals surface area contributed by atoms with Gasteiger partial charge in [0.15, 0.2) is 0 Å². The van der Waals surface area contributed by atoms with Gasteiger partial charge in [0.05, 0.1) is 0 Å². The van der Waals surface area contributed by atoms with Crippen LogP contribution >= 0.6 is 0 Å². The Morgan fingerprint density at radius 3 is 1.73 bits per heavy atom. The van der Waals surface area contributed by atoms with Crippen molar-refractivity contribution in [3.05, 3.63) is 0 Å². The Bertz CT molecular complexity index is 129. The molecule has 0 fully saturated rings. The van der Waals surface area contributed by atoms with Crippen molar-refractivity contribution in [2.45, 2.75) is 52.1 Å². The van der Waals surface area contributed by atoms with Crippen LogP contribution in [0.4, 0.5) is 0 Å². The first-order valence-electron chi connectivity index (χ1n) is 6.22. The largest absolute Gasteiger partial charge is 0.394 e. The molecule has 0 aliphatic carbocycles. The Labute approximate surface area is 95.6 Å². The summed E-state index contributed by atoms with van der Waals surface area (Å²) in [6.45, 7) is 8.76. The van der Waals surface area contributed by atoms with Crippen LogP contribution in [-0.4, -0.2) is 28.3 Å². The van der Waals surface area contributed by atoms with Crippen molar-refractivity contribution in [2.24, 2.45) is 5.73 Å². The number of nitrogens with two attached hydrogens (primary N) is 1. The standard InChI is InChI=1S/C11H27NO2Si/c1-4-8-13-15(10-6-3,11-7-12)14-9-5-2/h4-12H2,1-3H3. The minimum absolute atomic E-state index is 0.680. The maximum absolute atomic E-state index is 6.00. The fraction of sp³-hybridized carbons (Fsp3) is 1.00. The van der Waals surface area contributed by atoms with E-state index in [0.29, 0.717) is 6.54 Å². The highest BCUT2D eigenvalue weighted by Gasteiger charge is 2.35. The number of hydrogen-bond acceptors (Lipinski definition) is 3. The SMILES string of the molecule is CCCO[Si](CCC)(CCN)OCCC. The summed E-state index contributed by atoms with van der Waals surface area (Å²) in [7, 11) is -1.96. The average molecular weight is 233 g/mol. The smallest absolute Gasteiger partial charge is 0.339 e. The summed E-state index contributed by atoms with van der Waals surface area (Å²) >= 11 is 0. The van der Waals surface area contributed by atoms with Crippen molar-refractivity contribution in [1.82, 2.24) is 0 Å². The molecule has 0 unspecified atom stereocenters. The van der Waals surface area contributed by atoms with Gasteiger partial charge in [-0.3, -0.25) is 0 Å². The van der Waals surface area contributed by atoms with Crippen LogP contribution < -0.4 is 5.73 Å². The highest BCUT2D eigenvalue weighted by atomic mass is 28.4. The molecule has 0 radical (unpaired) electrons. The lowest BCUT2D eigenvalue weighted by molar-refractivity contribution is 0.167. The molecule has 0 heterocycles. The lowest BCUT2D eigenvalue weighted by Crippen LogP contribution is -2.44. The second-order valence-corrected chi connectivity index (χ2v) is 7.29. The maximum Gasteiger partial charge on any atom is 0.339 e. The normalized spacial score (nSPS) is 12.0. The molecule has 0 atom stereocenters. The lowest BCUT2D eigenvalue weighted by Gasteiger charge is -2.30. The third kappa shape index (κ3) is 6.30. The fourth-order valence-electron chi connectivity index (χ4n) is 1.63. The van der Waals surface area contributed by atoms with Crippen LogP contribution in [0, 0.1) is 0 Å². The summed E-state index contributed by atoms with van der Waals surface area (Å²) in [5.74, 6) is 0. The molecule has 0 aromatic rings. The molecule has 0 spiro atoms. The van der Waals surface area contributed by atoms with Gasteiger partial charge >= 0.3 is 8.56 Å². The van der Waals surface area contributed by atoms with Crippen molar-refractivity contribution >= 4 is 8.56 Å². The molecule has 0 amide bonds. The molecule has 92 valence electrons. The van der Waals surface area contributed by atoms with E-state index in [1.165, 1.54) is 0 Å². The van der Waals surface area contributed by atoms with Crippen LogP contribution in [0.25, 0.3) is 0 Å². The molecule has 15 heavy (non-hydrogen) atoms. The molecule has 0 bridgehead atoms. The third-order valence-electron chi connectivity index (χ3n) is 2.29. The monoisotopic (exact) mass is 233 g/mol. The van der Waals surface area contributed by atoms with Gasteiger partial charge in [-0.1, -0.05) is 27.2 Å². The van der Waals surface area contributed by atoms with Gasteiger partial charge < -0.3 is 14.6 Å². The van der Waals surface area contributed by atoms with E-state index in [1.807, 2.05) is 0 Å². The molecule has 0 aromatic carbocycles. The topological polar surface area (TPSA) is 44.5 Å². The van der Waals surface area contributed by atoms with Crippen molar-refractivity contribution in [3.63, 3.8) is 0 Å². The highest BCUT2D eigenvalue weighted by Crippen LogP contribution is 2.21. The Hall–Kier alpha value is 0.0969. The second kappa shape index (κ2) is 9.33. The summed E-state index contributed by atoms with van der Waals surface area (Å²) in [6.07, 6.45) is 3.23. The zero-order chi connectivity index (χ0) is 11.6. The third-order valence-corrected chi connectivity index (χ3v) is 6.07. The second-order valence-electron chi connectivity index (χ2n) is 3.90. The van der Waals surface area contributed by atoms with Gasteiger partial charge in [0.2, 0.25) is 0 Å². The predicted molar refractivity (Wildman–Crippen MR) is 67.2 cm³/mol. The van der Waals surface area contributed by atoms with Crippen LogP contribution in [0.3, 0.4) is 0 Å².